The zero-order valence-electron chi connectivity index (χ0n) is 7.04. The van der Waals surface area contributed by atoms with Crippen LogP contribution in [0.1, 0.15) is 10.4 Å². The van der Waals surface area contributed by atoms with Crippen molar-refractivity contribution in [2.75, 3.05) is 0 Å². The van der Waals surface area contributed by atoms with E-state index in [0.717, 1.165) is 9.61 Å². The van der Waals surface area contributed by atoms with E-state index in [2.05, 4.69) is 0 Å². The maximum absolute atomic E-state index is 10.6. The molecule has 0 spiro atoms. The van der Waals surface area contributed by atoms with Gasteiger partial charge >= 0.3 is 5.97 Å². The highest BCUT2D eigenvalue weighted by Gasteiger charge is 2.12. The number of carboxylic acid groups (broad SMARTS) is 1. The monoisotopic (exact) mass is 209 g/mol. The molecule has 5 heteroatoms. The molecule has 14 heavy (non-hydrogen) atoms. The Labute approximate surface area is 83.6 Å². The Bertz CT molecular complexity index is 458. The molecule has 0 bridgehead atoms. The molecule has 0 aliphatic rings. The molecule has 72 valence electrons. The van der Waals surface area contributed by atoms with Crippen LogP contribution in [0.2, 0.25) is 0 Å². The molecule has 2 aromatic rings. The van der Waals surface area contributed by atoms with Gasteiger partial charge in [-0.05, 0) is 17.5 Å². The molecule has 2 rings (SSSR count). The number of aromatic nitrogens is 1. The average Bonchev–Trinajstić information content (AvgIpc) is 2.71. The minimum atomic E-state index is -1.05. The van der Waals surface area contributed by atoms with Crippen molar-refractivity contribution >= 4 is 17.3 Å². The largest absolute Gasteiger partial charge is 0.478 e. The van der Waals surface area contributed by atoms with Gasteiger partial charge in [0.15, 0.2) is 0 Å². The topological polar surface area (TPSA) is 62.5 Å². The molecule has 2 aromatic heterocycles. The third-order valence-corrected chi connectivity index (χ3v) is 2.71. The highest BCUT2D eigenvalue weighted by Crippen LogP contribution is 2.25. The predicted molar refractivity (Wildman–Crippen MR) is 51.9 cm³/mol. The lowest BCUT2D eigenvalue weighted by molar-refractivity contribution is 0.0694. The van der Waals surface area contributed by atoms with E-state index in [-0.39, 0.29) is 5.56 Å². The van der Waals surface area contributed by atoms with E-state index in [4.69, 9.17) is 5.11 Å². The summed E-state index contributed by atoms with van der Waals surface area (Å²) in [6.45, 7) is 0. The number of aromatic carboxylic acids is 1. The summed E-state index contributed by atoms with van der Waals surface area (Å²) in [5.74, 6) is -1.05. The smallest absolute Gasteiger partial charge is 0.337 e. The zero-order valence-corrected chi connectivity index (χ0v) is 7.86. The summed E-state index contributed by atoms with van der Waals surface area (Å²) in [7, 11) is 0. The van der Waals surface area contributed by atoms with Crippen molar-refractivity contribution in [2.45, 2.75) is 0 Å². The van der Waals surface area contributed by atoms with Gasteiger partial charge in [-0.25, -0.2) is 4.79 Å². The van der Waals surface area contributed by atoms with E-state index >= 15 is 0 Å². The summed E-state index contributed by atoms with van der Waals surface area (Å²) in [6.07, 6.45) is 1.18. The Hall–Kier alpha value is -1.75. The third-order valence-electron chi connectivity index (χ3n) is 1.82. The van der Waals surface area contributed by atoms with E-state index in [1.165, 1.54) is 23.6 Å². The van der Waals surface area contributed by atoms with Crippen LogP contribution >= 0.6 is 11.3 Å². The molecule has 4 nitrogen and oxygen atoms in total. The molecule has 2 N–H and O–H groups in total. The second-order valence-corrected chi connectivity index (χ2v) is 3.69. The van der Waals surface area contributed by atoms with Crippen molar-refractivity contribution in [1.82, 2.24) is 4.73 Å². The Kier molecular flexibility index (Phi) is 2.01. The highest BCUT2D eigenvalue weighted by molar-refractivity contribution is 7.13. The fourth-order valence-electron chi connectivity index (χ4n) is 1.18. The van der Waals surface area contributed by atoms with Gasteiger partial charge in [-0.2, -0.15) is 4.73 Å². The minimum Gasteiger partial charge on any atom is -0.478 e. The zero-order chi connectivity index (χ0) is 10.1. The standard InChI is InChI=1S/C9H7NO3S/c11-9(12)6-4-7(10(13)5-6)8-2-1-3-14-8/h1-5,13H,(H,11,12). The molecular formula is C9H7NO3S. The fraction of sp³-hybridized carbons (Fsp3) is 0. The lowest BCUT2D eigenvalue weighted by Crippen LogP contribution is -1.93. The summed E-state index contributed by atoms with van der Waals surface area (Å²) >= 11 is 1.44. The van der Waals surface area contributed by atoms with Gasteiger partial charge in [-0.1, -0.05) is 6.07 Å². The van der Waals surface area contributed by atoms with Gasteiger partial charge in [-0.3, -0.25) is 0 Å². The normalized spacial score (nSPS) is 10.3. The summed E-state index contributed by atoms with van der Waals surface area (Å²) in [5.41, 5.74) is 0.577. The lowest BCUT2D eigenvalue weighted by Gasteiger charge is -1.95. The summed E-state index contributed by atoms with van der Waals surface area (Å²) in [4.78, 5) is 11.4. The van der Waals surface area contributed by atoms with Crippen molar-refractivity contribution < 1.29 is 15.1 Å². The summed E-state index contributed by atoms with van der Waals surface area (Å²) in [6, 6.07) is 5.10. The van der Waals surface area contributed by atoms with Crippen LogP contribution in [0.4, 0.5) is 0 Å². The molecule has 0 aromatic carbocycles. The minimum absolute atomic E-state index is 0.0795. The van der Waals surface area contributed by atoms with Gasteiger partial charge < -0.3 is 10.3 Å². The second kappa shape index (κ2) is 3.19. The van der Waals surface area contributed by atoms with Crippen LogP contribution in [0.5, 0.6) is 0 Å². The quantitative estimate of drug-likeness (QED) is 0.745. The maximum atomic E-state index is 10.6. The molecule has 0 saturated carbocycles. The van der Waals surface area contributed by atoms with Crippen molar-refractivity contribution in [2.24, 2.45) is 0 Å². The van der Waals surface area contributed by atoms with Crippen LogP contribution < -0.4 is 0 Å². The van der Waals surface area contributed by atoms with E-state index < -0.39 is 5.97 Å². The fourth-order valence-corrected chi connectivity index (χ4v) is 1.91. The number of hydrogen-bond acceptors (Lipinski definition) is 3. The lowest BCUT2D eigenvalue weighted by atomic mass is 10.3. The predicted octanol–water partition coefficient (Wildman–Crippen LogP) is 2.15. The Morgan fingerprint density at radius 3 is 2.79 bits per heavy atom. The van der Waals surface area contributed by atoms with Crippen molar-refractivity contribution in [3.05, 3.63) is 35.3 Å². The van der Waals surface area contributed by atoms with E-state index in [1.54, 1.807) is 0 Å². The number of rotatable bonds is 2. The first-order valence-corrected chi connectivity index (χ1v) is 4.75. The van der Waals surface area contributed by atoms with Gasteiger partial charge in [0.2, 0.25) is 0 Å². The summed E-state index contributed by atoms with van der Waals surface area (Å²) < 4.78 is 0.829. The molecule has 0 aliphatic heterocycles. The number of carbonyl (C=O) groups is 1. The first kappa shape index (κ1) is 8.83. The van der Waals surface area contributed by atoms with Crippen LogP contribution in [-0.4, -0.2) is 21.0 Å². The number of thiophene rings is 1. The van der Waals surface area contributed by atoms with Gasteiger partial charge in [-0.15, -0.1) is 11.3 Å². The molecule has 0 amide bonds. The Balaban J connectivity index is 2.50. The Morgan fingerprint density at radius 1 is 1.50 bits per heavy atom. The molecule has 0 aliphatic carbocycles. The van der Waals surface area contributed by atoms with E-state index in [9.17, 15) is 10.0 Å². The van der Waals surface area contributed by atoms with Crippen LogP contribution in [0, 0.1) is 0 Å². The average molecular weight is 209 g/mol. The molecular weight excluding hydrogens is 202 g/mol. The molecule has 0 fully saturated rings. The highest BCUT2D eigenvalue weighted by atomic mass is 32.1. The van der Waals surface area contributed by atoms with Crippen molar-refractivity contribution in [3.63, 3.8) is 0 Å². The van der Waals surface area contributed by atoms with Crippen molar-refractivity contribution in [1.29, 1.82) is 0 Å². The first-order valence-electron chi connectivity index (χ1n) is 3.87. The van der Waals surface area contributed by atoms with E-state index in [0.29, 0.717) is 5.69 Å². The molecule has 0 radical (unpaired) electrons. The SMILES string of the molecule is O=C(O)c1cc(-c2cccs2)n(O)c1. The van der Waals surface area contributed by atoms with Crippen LogP contribution in [0.15, 0.2) is 29.8 Å². The van der Waals surface area contributed by atoms with E-state index in [1.807, 2.05) is 17.5 Å². The number of nitrogens with zero attached hydrogens (tertiary/aromatic N) is 1. The van der Waals surface area contributed by atoms with Gasteiger partial charge in [0.25, 0.3) is 0 Å². The van der Waals surface area contributed by atoms with Gasteiger partial charge in [0, 0.05) is 0 Å². The molecule has 0 unspecified atom stereocenters. The first-order chi connectivity index (χ1) is 6.68. The van der Waals surface area contributed by atoms with Crippen LogP contribution in [0.25, 0.3) is 10.6 Å². The van der Waals surface area contributed by atoms with Crippen LogP contribution in [-0.2, 0) is 0 Å². The maximum Gasteiger partial charge on any atom is 0.337 e. The second-order valence-electron chi connectivity index (χ2n) is 2.74. The summed E-state index contributed by atoms with van der Waals surface area (Å²) in [5, 5.41) is 20.0. The number of hydrogen-bond donors (Lipinski definition) is 2. The molecule has 0 saturated heterocycles. The Morgan fingerprint density at radius 2 is 2.29 bits per heavy atom. The third kappa shape index (κ3) is 1.38. The van der Waals surface area contributed by atoms with Crippen LogP contribution in [0.3, 0.4) is 0 Å². The number of carboxylic acids is 1. The molecule has 0 atom stereocenters. The van der Waals surface area contributed by atoms with Gasteiger partial charge in [0.1, 0.15) is 0 Å². The molecule has 2 heterocycles. The van der Waals surface area contributed by atoms with Crippen molar-refractivity contribution in [3.8, 4) is 10.6 Å². The van der Waals surface area contributed by atoms with Gasteiger partial charge in [0.05, 0.1) is 22.3 Å².